The summed E-state index contributed by atoms with van der Waals surface area (Å²) in [6.45, 7) is 2.34. The van der Waals surface area contributed by atoms with Crippen LogP contribution in [-0.4, -0.2) is 22.4 Å². The Morgan fingerprint density at radius 1 is 1.62 bits per heavy atom. The number of hydrogen-bond donors (Lipinski definition) is 2. The summed E-state index contributed by atoms with van der Waals surface area (Å²) in [6.07, 6.45) is 3.62. The van der Waals surface area contributed by atoms with Gasteiger partial charge in [0.2, 0.25) is 0 Å². The van der Waals surface area contributed by atoms with Crippen molar-refractivity contribution in [2.75, 3.05) is 6.54 Å². The normalized spacial score (nSPS) is 15.6. The van der Waals surface area contributed by atoms with Gasteiger partial charge in [0.05, 0.1) is 0 Å². The molecule has 1 amide bonds. The van der Waals surface area contributed by atoms with Gasteiger partial charge in [-0.1, -0.05) is 6.42 Å². The van der Waals surface area contributed by atoms with E-state index in [1.165, 1.54) is 25.3 Å². The highest BCUT2D eigenvalue weighted by molar-refractivity contribution is 5.92. The summed E-state index contributed by atoms with van der Waals surface area (Å²) in [5, 5.41) is 2.80. The van der Waals surface area contributed by atoms with E-state index in [2.05, 4.69) is 15.3 Å². The summed E-state index contributed by atoms with van der Waals surface area (Å²) in [4.78, 5) is 29.3. The molecular weight excluding hydrogens is 206 g/mol. The van der Waals surface area contributed by atoms with Crippen LogP contribution in [0.1, 0.15) is 35.6 Å². The third-order valence-electron chi connectivity index (χ3n) is 2.87. The van der Waals surface area contributed by atoms with Crippen molar-refractivity contribution in [2.24, 2.45) is 5.92 Å². The monoisotopic (exact) mass is 221 g/mol. The maximum Gasteiger partial charge on any atom is 0.270 e. The third-order valence-corrected chi connectivity index (χ3v) is 2.87. The van der Waals surface area contributed by atoms with Gasteiger partial charge in [0.15, 0.2) is 0 Å². The second-order valence-corrected chi connectivity index (χ2v) is 4.22. The van der Waals surface area contributed by atoms with Crippen LogP contribution in [0.3, 0.4) is 0 Å². The summed E-state index contributed by atoms with van der Waals surface area (Å²) in [6, 6.07) is 1.23. The number of rotatable bonds is 3. The molecule has 0 bridgehead atoms. The zero-order valence-electron chi connectivity index (χ0n) is 9.25. The summed E-state index contributed by atoms with van der Waals surface area (Å²) >= 11 is 0. The first-order valence-electron chi connectivity index (χ1n) is 5.51. The summed E-state index contributed by atoms with van der Waals surface area (Å²) in [7, 11) is 0. The van der Waals surface area contributed by atoms with Gasteiger partial charge < -0.3 is 10.3 Å². The molecule has 0 spiro atoms. The Kier molecular flexibility index (Phi) is 3.03. The highest BCUT2D eigenvalue weighted by atomic mass is 16.2. The Bertz CT molecular complexity index is 449. The predicted molar refractivity (Wildman–Crippen MR) is 59.3 cm³/mol. The van der Waals surface area contributed by atoms with Gasteiger partial charge in [0.1, 0.15) is 11.5 Å². The lowest BCUT2D eigenvalue weighted by Crippen LogP contribution is -2.33. The van der Waals surface area contributed by atoms with Crippen molar-refractivity contribution in [3.63, 3.8) is 0 Å². The maximum absolute atomic E-state index is 11.7. The molecule has 1 heterocycles. The molecule has 5 heteroatoms. The van der Waals surface area contributed by atoms with Gasteiger partial charge in [0.25, 0.3) is 11.5 Å². The molecule has 1 saturated carbocycles. The lowest BCUT2D eigenvalue weighted by Gasteiger charge is -2.25. The van der Waals surface area contributed by atoms with Crippen molar-refractivity contribution in [1.29, 1.82) is 0 Å². The average molecular weight is 221 g/mol. The molecule has 86 valence electrons. The Morgan fingerprint density at radius 3 is 2.94 bits per heavy atom. The third kappa shape index (κ3) is 2.48. The molecule has 0 radical (unpaired) electrons. The molecule has 1 fully saturated rings. The molecule has 2 N–H and O–H groups in total. The Hall–Kier alpha value is -1.65. The fraction of sp³-hybridized carbons (Fsp3) is 0.545. The molecule has 0 atom stereocenters. The van der Waals surface area contributed by atoms with E-state index in [0.29, 0.717) is 18.3 Å². The van der Waals surface area contributed by atoms with E-state index in [1.54, 1.807) is 6.92 Å². The van der Waals surface area contributed by atoms with Crippen molar-refractivity contribution in [3.05, 3.63) is 27.9 Å². The summed E-state index contributed by atoms with van der Waals surface area (Å²) in [5.74, 6) is 0.800. The molecule has 1 aromatic heterocycles. The smallest absolute Gasteiger partial charge is 0.270 e. The van der Waals surface area contributed by atoms with Gasteiger partial charge >= 0.3 is 0 Å². The van der Waals surface area contributed by atoms with Gasteiger partial charge in [-0.25, -0.2) is 4.98 Å². The fourth-order valence-corrected chi connectivity index (χ4v) is 1.72. The molecule has 16 heavy (non-hydrogen) atoms. The van der Waals surface area contributed by atoms with Crippen LogP contribution in [0.2, 0.25) is 0 Å². The van der Waals surface area contributed by atoms with Gasteiger partial charge in [-0.2, -0.15) is 0 Å². The van der Waals surface area contributed by atoms with Crippen molar-refractivity contribution in [1.82, 2.24) is 15.3 Å². The minimum atomic E-state index is -0.290. The van der Waals surface area contributed by atoms with Crippen LogP contribution in [0, 0.1) is 12.8 Å². The van der Waals surface area contributed by atoms with E-state index in [0.717, 1.165) is 0 Å². The van der Waals surface area contributed by atoms with Crippen LogP contribution in [0.15, 0.2) is 10.9 Å². The van der Waals surface area contributed by atoms with Crippen molar-refractivity contribution < 1.29 is 4.79 Å². The summed E-state index contributed by atoms with van der Waals surface area (Å²) < 4.78 is 0. The van der Waals surface area contributed by atoms with E-state index >= 15 is 0 Å². The van der Waals surface area contributed by atoms with Gasteiger partial charge in [-0.05, 0) is 25.7 Å². The van der Waals surface area contributed by atoms with Crippen LogP contribution in [-0.2, 0) is 0 Å². The largest absolute Gasteiger partial charge is 0.350 e. The van der Waals surface area contributed by atoms with Crippen LogP contribution in [0.25, 0.3) is 0 Å². The number of aromatic amines is 1. The lowest BCUT2D eigenvalue weighted by molar-refractivity contribution is 0.0933. The van der Waals surface area contributed by atoms with E-state index < -0.39 is 0 Å². The molecule has 0 aliphatic heterocycles. The number of hydrogen-bond acceptors (Lipinski definition) is 3. The van der Waals surface area contributed by atoms with Crippen molar-refractivity contribution >= 4 is 5.91 Å². The number of carbonyl (C=O) groups excluding carboxylic acids is 1. The average Bonchev–Trinajstić information content (AvgIpc) is 2.13. The number of aromatic nitrogens is 2. The number of nitrogens with zero attached hydrogens (tertiary/aromatic N) is 1. The number of amides is 1. The Balaban J connectivity index is 1.99. The maximum atomic E-state index is 11.7. The van der Waals surface area contributed by atoms with E-state index in [9.17, 15) is 9.59 Å². The van der Waals surface area contributed by atoms with E-state index in [-0.39, 0.29) is 17.2 Å². The van der Waals surface area contributed by atoms with Gasteiger partial charge in [-0.3, -0.25) is 9.59 Å². The summed E-state index contributed by atoms with van der Waals surface area (Å²) in [5.41, 5.74) is -0.0955. The molecule has 0 saturated heterocycles. The standard InChI is InChI=1S/C11H15N3O2/c1-7-13-9(5-10(15)14-7)11(16)12-6-8-3-2-4-8/h5,8H,2-4,6H2,1H3,(H,12,16)(H,13,14,15). The van der Waals surface area contributed by atoms with E-state index in [4.69, 9.17) is 0 Å². The minimum Gasteiger partial charge on any atom is -0.350 e. The molecule has 1 aliphatic rings. The number of nitrogens with one attached hydrogen (secondary N) is 2. The van der Waals surface area contributed by atoms with Crippen LogP contribution >= 0.6 is 0 Å². The number of H-pyrrole nitrogens is 1. The van der Waals surface area contributed by atoms with Crippen molar-refractivity contribution in [2.45, 2.75) is 26.2 Å². The zero-order valence-corrected chi connectivity index (χ0v) is 9.25. The first kappa shape index (κ1) is 10.9. The molecule has 1 aliphatic carbocycles. The molecule has 2 rings (SSSR count). The molecular formula is C11H15N3O2. The molecule has 0 aromatic carbocycles. The predicted octanol–water partition coefficient (Wildman–Crippen LogP) is 0.608. The second-order valence-electron chi connectivity index (χ2n) is 4.22. The quantitative estimate of drug-likeness (QED) is 0.785. The molecule has 5 nitrogen and oxygen atoms in total. The highest BCUT2D eigenvalue weighted by Gasteiger charge is 2.18. The Morgan fingerprint density at radius 2 is 2.38 bits per heavy atom. The fourth-order valence-electron chi connectivity index (χ4n) is 1.72. The minimum absolute atomic E-state index is 0.195. The molecule has 0 unspecified atom stereocenters. The van der Waals surface area contributed by atoms with Crippen molar-refractivity contribution in [3.8, 4) is 0 Å². The highest BCUT2D eigenvalue weighted by Crippen LogP contribution is 2.25. The van der Waals surface area contributed by atoms with Crippen LogP contribution in [0.4, 0.5) is 0 Å². The van der Waals surface area contributed by atoms with Crippen LogP contribution in [0.5, 0.6) is 0 Å². The molecule has 1 aromatic rings. The van der Waals surface area contributed by atoms with E-state index in [1.807, 2.05) is 0 Å². The first-order chi connectivity index (χ1) is 7.65. The number of carbonyl (C=O) groups is 1. The topological polar surface area (TPSA) is 74.8 Å². The lowest BCUT2D eigenvalue weighted by atomic mass is 9.85. The van der Waals surface area contributed by atoms with Gasteiger partial charge in [-0.15, -0.1) is 0 Å². The second kappa shape index (κ2) is 4.47. The first-order valence-corrected chi connectivity index (χ1v) is 5.51. The SMILES string of the molecule is Cc1nc(C(=O)NCC2CCC2)cc(=O)[nH]1. The number of aryl methyl sites for hydroxylation is 1. The zero-order chi connectivity index (χ0) is 11.5. The van der Waals surface area contributed by atoms with Crippen LogP contribution < -0.4 is 10.9 Å². The Labute approximate surface area is 93.3 Å². The van der Waals surface area contributed by atoms with Gasteiger partial charge in [0, 0.05) is 12.6 Å².